The molecule has 0 aliphatic rings. The van der Waals surface area contributed by atoms with Gasteiger partial charge in [-0.15, -0.1) is 11.3 Å². The van der Waals surface area contributed by atoms with Crippen LogP contribution in [0.15, 0.2) is 53.0 Å². The number of hydrogen-bond donors (Lipinski definition) is 1. The molecule has 1 amide bonds. The van der Waals surface area contributed by atoms with Gasteiger partial charge in [0, 0.05) is 6.20 Å². The highest BCUT2D eigenvalue weighted by atomic mass is 32.2. The number of para-hydroxylation sites is 1. The van der Waals surface area contributed by atoms with E-state index in [1.807, 2.05) is 42.5 Å². The molecular formula is C15H13N3OS2. The lowest BCUT2D eigenvalue weighted by atomic mass is 10.3. The molecule has 0 saturated heterocycles. The molecule has 4 nitrogen and oxygen atoms in total. The summed E-state index contributed by atoms with van der Waals surface area (Å²) in [6.45, 7) is 0.458. The van der Waals surface area contributed by atoms with E-state index in [9.17, 15) is 4.79 Å². The summed E-state index contributed by atoms with van der Waals surface area (Å²) in [5, 5.41) is 2.86. The maximum atomic E-state index is 11.8. The van der Waals surface area contributed by atoms with E-state index in [-0.39, 0.29) is 5.91 Å². The van der Waals surface area contributed by atoms with Gasteiger partial charge in [-0.3, -0.25) is 9.78 Å². The van der Waals surface area contributed by atoms with E-state index in [2.05, 4.69) is 15.3 Å². The number of benzene rings is 1. The van der Waals surface area contributed by atoms with Crippen LogP contribution in [0.25, 0.3) is 10.2 Å². The van der Waals surface area contributed by atoms with Gasteiger partial charge in [-0.25, -0.2) is 4.98 Å². The molecule has 1 aromatic carbocycles. The standard InChI is InChI=1S/C15H13N3OS2/c19-14(17-9-11-5-3-4-8-16-11)10-20-15-18-12-6-1-2-7-13(12)21-15/h1-8H,9-10H2,(H,17,19). The molecule has 21 heavy (non-hydrogen) atoms. The van der Waals surface area contributed by atoms with Crippen molar-refractivity contribution in [3.05, 3.63) is 54.4 Å². The smallest absolute Gasteiger partial charge is 0.230 e. The van der Waals surface area contributed by atoms with Crippen molar-refractivity contribution in [1.29, 1.82) is 0 Å². The Labute approximate surface area is 130 Å². The molecule has 0 fully saturated rings. The average molecular weight is 315 g/mol. The number of fused-ring (bicyclic) bond motifs is 1. The summed E-state index contributed by atoms with van der Waals surface area (Å²) in [5.41, 5.74) is 1.84. The first-order valence-electron chi connectivity index (χ1n) is 6.46. The Morgan fingerprint density at radius 2 is 2.05 bits per heavy atom. The third-order valence-corrected chi connectivity index (χ3v) is 4.97. The quantitative estimate of drug-likeness (QED) is 0.735. The van der Waals surface area contributed by atoms with Gasteiger partial charge in [0.15, 0.2) is 4.34 Å². The maximum absolute atomic E-state index is 11.8. The summed E-state index contributed by atoms with van der Waals surface area (Å²) >= 11 is 3.08. The van der Waals surface area contributed by atoms with Gasteiger partial charge in [0.05, 0.1) is 28.2 Å². The molecule has 0 aliphatic carbocycles. The van der Waals surface area contributed by atoms with Crippen molar-refractivity contribution in [2.45, 2.75) is 10.9 Å². The van der Waals surface area contributed by atoms with E-state index in [1.165, 1.54) is 11.8 Å². The molecule has 0 aliphatic heterocycles. The molecule has 1 N–H and O–H groups in total. The van der Waals surface area contributed by atoms with Crippen molar-refractivity contribution in [2.24, 2.45) is 0 Å². The fourth-order valence-electron chi connectivity index (χ4n) is 1.78. The number of carbonyl (C=O) groups is 1. The van der Waals surface area contributed by atoms with Crippen molar-refractivity contribution in [3.63, 3.8) is 0 Å². The number of nitrogens with one attached hydrogen (secondary N) is 1. The minimum atomic E-state index is -0.00934. The Kier molecular flexibility index (Phi) is 4.47. The third kappa shape index (κ3) is 3.80. The zero-order valence-corrected chi connectivity index (χ0v) is 12.8. The van der Waals surface area contributed by atoms with Gasteiger partial charge in [0.2, 0.25) is 5.91 Å². The second kappa shape index (κ2) is 6.69. The third-order valence-electron chi connectivity index (χ3n) is 2.79. The van der Waals surface area contributed by atoms with Crippen LogP contribution < -0.4 is 5.32 Å². The topological polar surface area (TPSA) is 54.9 Å². The number of thioether (sulfide) groups is 1. The van der Waals surface area contributed by atoms with Crippen LogP contribution in [0, 0.1) is 0 Å². The molecule has 0 atom stereocenters. The SMILES string of the molecule is O=C(CSc1nc2ccccc2s1)NCc1ccccn1. The second-order valence-electron chi connectivity index (χ2n) is 4.33. The molecule has 0 saturated carbocycles. The van der Waals surface area contributed by atoms with Crippen LogP contribution in [0.3, 0.4) is 0 Å². The molecule has 2 heterocycles. The zero-order valence-electron chi connectivity index (χ0n) is 11.2. The second-order valence-corrected chi connectivity index (χ2v) is 6.59. The molecule has 0 unspecified atom stereocenters. The summed E-state index contributed by atoms with van der Waals surface area (Å²) in [4.78, 5) is 20.5. The summed E-state index contributed by atoms with van der Waals surface area (Å²) in [5.74, 6) is 0.358. The largest absolute Gasteiger partial charge is 0.350 e. The Bertz CT molecular complexity index is 710. The fraction of sp³-hybridized carbons (Fsp3) is 0.133. The first kappa shape index (κ1) is 14.0. The lowest BCUT2D eigenvalue weighted by molar-refractivity contribution is -0.118. The fourth-order valence-corrected chi connectivity index (χ4v) is 3.68. The van der Waals surface area contributed by atoms with Crippen LogP contribution >= 0.6 is 23.1 Å². The first-order chi connectivity index (χ1) is 10.3. The summed E-state index contributed by atoms with van der Waals surface area (Å²) in [7, 11) is 0. The van der Waals surface area contributed by atoms with E-state index < -0.39 is 0 Å². The van der Waals surface area contributed by atoms with Crippen LogP contribution in [-0.4, -0.2) is 21.6 Å². The van der Waals surface area contributed by atoms with Crippen molar-refractivity contribution < 1.29 is 4.79 Å². The number of carbonyl (C=O) groups excluding carboxylic acids is 1. The number of amides is 1. The van der Waals surface area contributed by atoms with E-state index >= 15 is 0 Å². The van der Waals surface area contributed by atoms with E-state index in [0.717, 1.165) is 20.3 Å². The molecule has 106 valence electrons. The lowest BCUT2D eigenvalue weighted by Crippen LogP contribution is -2.24. The Morgan fingerprint density at radius 3 is 2.86 bits per heavy atom. The van der Waals surface area contributed by atoms with Crippen molar-refractivity contribution >= 4 is 39.2 Å². The Morgan fingerprint density at radius 1 is 1.19 bits per heavy atom. The highest BCUT2D eigenvalue weighted by molar-refractivity contribution is 8.01. The molecule has 3 aromatic rings. The van der Waals surface area contributed by atoms with Gasteiger partial charge >= 0.3 is 0 Å². The van der Waals surface area contributed by atoms with Crippen LogP contribution in [0.5, 0.6) is 0 Å². The van der Waals surface area contributed by atoms with E-state index in [0.29, 0.717) is 12.3 Å². The van der Waals surface area contributed by atoms with Gasteiger partial charge < -0.3 is 5.32 Å². The Balaban J connectivity index is 1.51. The zero-order chi connectivity index (χ0) is 14.5. The predicted molar refractivity (Wildman–Crippen MR) is 86.4 cm³/mol. The van der Waals surface area contributed by atoms with Gasteiger partial charge in [-0.05, 0) is 24.3 Å². The summed E-state index contributed by atoms with van der Waals surface area (Å²) < 4.78 is 2.07. The number of rotatable bonds is 5. The highest BCUT2D eigenvalue weighted by Crippen LogP contribution is 2.28. The van der Waals surface area contributed by atoms with Gasteiger partial charge in [0.1, 0.15) is 0 Å². The first-order valence-corrected chi connectivity index (χ1v) is 8.26. The molecule has 3 rings (SSSR count). The highest BCUT2D eigenvalue weighted by Gasteiger charge is 2.07. The van der Waals surface area contributed by atoms with Gasteiger partial charge in [-0.2, -0.15) is 0 Å². The number of pyridine rings is 1. The average Bonchev–Trinajstić information content (AvgIpc) is 2.95. The number of thiazole rings is 1. The van der Waals surface area contributed by atoms with Crippen molar-refractivity contribution in [1.82, 2.24) is 15.3 Å². The minimum Gasteiger partial charge on any atom is -0.350 e. The van der Waals surface area contributed by atoms with Crippen LogP contribution in [0.4, 0.5) is 0 Å². The molecule has 0 bridgehead atoms. The summed E-state index contributed by atoms with van der Waals surface area (Å²) in [6.07, 6.45) is 1.72. The molecule has 0 spiro atoms. The molecule has 6 heteroatoms. The van der Waals surface area contributed by atoms with Crippen LogP contribution in [0.1, 0.15) is 5.69 Å². The Hall–Kier alpha value is -1.92. The maximum Gasteiger partial charge on any atom is 0.230 e. The van der Waals surface area contributed by atoms with E-state index in [4.69, 9.17) is 0 Å². The summed E-state index contributed by atoms with van der Waals surface area (Å²) in [6, 6.07) is 13.6. The monoisotopic (exact) mass is 315 g/mol. The lowest BCUT2D eigenvalue weighted by Gasteiger charge is -2.03. The number of aromatic nitrogens is 2. The number of hydrogen-bond acceptors (Lipinski definition) is 5. The molecule has 2 aromatic heterocycles. The van der Waals surface area contributed by atoms with Crippen LogP contribution in [-0.2, 0) is 11.3 Å². The van der Waals surface area contributed by atoms with Gasteiger partial charge in [0.25, 0.3) is 0 Å². The number of nitrogens with zero attached hydrogens (tertiary/aromatic N) is 2. The minimum absolute atomic E-state index is 0.00934. The van der Waals surface area contributed by atoms with Crippen molar-refractivity contribution in [3.8, 4) is 0 Å². The van der Waals surface area contributed by atoms with Crippen LogP contribution in [0.2, 0.25) is 0 Å². The molecule has 0 radical (unpaired) electrons. The van der Waals surface area contributed by atoms with E-state index in [1.54, 1.807) is 17.5 Å². The molecular weight excluding hydrogens is 302 g/mol. The van der Waals surface area contributed by atoms with Gasteiger partial charge in [-0.1, -0.05) is 30.0 Å². The normalized spacial score (nSPS) is 10.7. The predicted octanol–water partition coefficient (Wildman–Crippen LogP) is 3.10. The van der Waals surface area contributed by atoms with Crippen molar-refractivity contribution in [2.75, 3.05) is 5.75 Å².